The molecule has 0 heterocycles. The van der Waals surface area contributed by atoms with Gasteiger partial charge in [0.25, 0.3) is 21.3 Å². The van der Waals surface area contributed by atoms with Gasteiger partial charge in [0.2, 0.25) is 0 Å². The number of carbonyl (C=O) groups is 2. The van der Waals surface area contributed by atoms with Crippen molar-refractivity contribution in [1.29, 1.82) is 0 Å². The zero-order chi connectivity index (χ0) is 38.1. The summed E-state index contributed by atoms with van der Waals surface area (Å²) in [5.41, 5.74) is 0. The molecule has 0 aromatic heterocycles. The number of benzene rings is 2. The van der Waals surface area contributed by atoms with Gasteiger partial charge in [0.05, 0.1) is 13.2 Å². The van der Waals surface area contributed by atoms with E-state index in [0.717, 1.165) is 64.2 Å². The molecule has 0 saturated carbocycles. The average molecular weight is 747 g/mol. The van der Waals surface area contributed by atoms with Gasteiger partial charge in [-0.2, -0.15) is 0 Å². The SMILES string of the molecule is CC(C)(C)[Si](OC(CCCCCCCC/C=C\CCCCOC=O)CCCCCCCC/C=C\CCCCOC=O)(c1ccccc1)c1ccccc1. The third kappa shape index (κ3) is 20.3. The Balaban J connectivity index is 1.88. The molecule has 0 atom stereocenters. The quantitative estimate of drug-likeness (QED) is 0.0309. The molecule has 0 amide bonds. The van der Waals surface area contributed by atoms with Crippen molar-refractivity contribution >= 4 is 31.6 Å². The summed E-state index contributed by atoms with van der Waals surface area (Å²) in [6.45, 7) is 9.34. The Bertz CT molecular complexity index is 1120. The molecule has 0 aliphatic carbocycles. The summed E-state index contributed by atoms with van der Waals surface area (Å²) in [6, 6.07) is 22.3. The van der Waals surface area contributed by atoms with Gasteiger partial charge in [-0.3, -0.25) is 9.59 Å². The molecule has 5 nitrogen and oxygen atoms in total. The number of ether oxygens (including phenoxy) is 2. The van der Waals surface area contributed by atoms with Crippen LogP contribution in [0.1, 0.15) is 162 Å². The van der Waals surface area contributed by atoms with Crippen LogP contribution < -0.4 is 10.4 Å². The van der Waals surface area contributed by atoms with Gasteiger partial charge in [-0.05, 0) is 92.5 Å². The minimum atomic E-state index is -2.58. The molecule has 0 aliphatic rings. The second kappa shape index (κ2) is 30.4. The summed E-state index contributed by atoms with van der Waals surface area (Å²) in [4.78, 5) is 20.4. The minimum absolute atomic E-state index is 0.00753. The monoisotopic (exact) mass is 747 g/mol. The van der Waals surface area contributed by atoms with E-state index >= 15 is 0 Å². The predicted molar refractivity (Wildman–Crippen MR) is 226 cm³/mol. The van der Waals surface area contributed by atoms with E-state index in [2.05, 4.69) is 106 Å². The van der Waals surface area contributed by atoms with Crippen molar-refractivity contribution < 1.29 is 23.5 Å². The molecular formula is C47H74O5Si. The third-order valence-corrected chi connectivity index (χ3v) is 15.4. The van der Waals surface area contributed by atoms with Gasteiger partial charge in [0, 0.05) is 6.10 Å². The Labute approximate surface area is 325 Å². The van der Waals surface area contributed by atoms with Crippen LogP contribution in [0.25, 0.3) is 0 Å². The molecule has 0 radical (unpaired) electrons. The van der Waals surface area contributed by atoms with Gasteiger partial charge < -0.3 is 13.9 Å². The van der Waals surface area contributed by atoms with Crippen LogP contribution in [0.2, 0.25) is 5.04 Å². The molecule has 296 valence electrons. The van der Waals surface area contributed by atoms with Gasteiger partial charge in [0.1, 0.15) is 0 Å². The molecule has 0 saturated heterocycles. The van der Waals surface area contributed by atoms with E-state index < -0.39 is 8.32 Å². The highest BCUT2D eigenvalue weighted by Crippen LogP contribution is 2.38. The largest absolute Gasteiger partial charge is 0.468 e. The standard InChI is InChI=1S/C47H74O5Si/c1-47(2,3)53(45-36-28-24-29-37-45,46-38-30-25-31-39-46)52-44(34-26-20-16-12-8-4-6-10-14-18-22-32-40-50-42-48)35-27-21-17-13-9-5-7-11-15-19-23-33-41-51-43-49/h10-11,14-15,24-25,28-31,36-39,42-44H,4-9,12-13,16-23,26-27,32-35,40-41H2,1-3H3/b14-10-,15-11-. The first-order valence-electron chi connectivity index (χ1n) is 21.1. The topological polar surface area (TPSA) is 61.8 Å². The van der Waals surface area contributed by atoms with Gasteiger partial charge >= 0.3 is 0 Å². The summed E-state index contributed by atoms with van der Waals surface area (Å²) < 4.78 is 17.2. The Morgan fingerprint density at radius 3 is 1.19 bits per heavy atom. The second-order valence-corrected chi connectivity index (χ2v) is 19.9. The van der Waals surface area contributed by atoms with Crippen molar-refractivity contribution in [2.45, 2.75) is 173 Å². The van der Waals surface area contributed by atoms with E-state index in [1.165, 1.54) is 87.4 Å². The number of rotatable bonds is 34. The number of hydrogen-bond acceptors (Lipinski definition) is 5. The van der Waals surface area contributed by atoms with Crippen molar-refractivity contribution in [2.24, 2.45) is 0 Å². The molecule has 0 N–H and O–H groups in total. The van der Waals surface area contributed by atoms with Crippen LogP contribution in [-0.4, -0.2) is 40.6 Å². The van der Waals surface area contributed by atoms with E-state index in [1.54, 1.807) is 0 Å². The lowest BCUT2D eigenvalue weighted by Crippen LogP contribution is -2.67. The van der Waals surface area contributed by atoms with Crippen LogP contribution in [0.3, 0.4) is 0 Å². The Kier molecular flexibility index (Phi) is 26.5. The van der Waals surface area contributed by atoms with Gasteiger partial charge in [-0.1, -0.05) is 170 Å². The molecule has 2 aromatic carbocycles. The maximum atomic E-state index is 10.2. The van der Waals surface area contributed by atoms with Crippen LogP contribution in [-0.2, 0) is 23.5 Å². The Morgan fingerprint density at radius 2 is 0.830 bits per heavy atom. The molecule has 0 bridgehead atoms. The first-order chi connectivity index (χ1) is 26.0. The first kappa shape index (κ1) is 46.2. The van der Waals surface area contributed by atoms with Crippen LogP contribution in [0, 0.1) is 0 Å². The average Bonchev–Trinajstić information content (AvgIpc) is 3.16. The summed E-state index contributed by atoms with van der Waals surface area (Å²) in [6.07, 6.45) is 35.7. The summed E-state index contributed by atoms with van der Waals surface area (Å²) in [5, 5.41) is 2.75. The number of carbonyl (C=O) groups excluding carboxylic acids is 2. The molecule has 53 heavy (non-hydrogen) atoms. The molecule has 0 unspecified atom stereocenters. The van der Waals surface area contributed by atoms with Gasteiger partial charge in [-0.25, -0.2) is 0 Å². The van der Waals surface area contributed by atoms with Crippen molar-refractivity contribution in [2.75, 3.05) is 13.2 Å². The van der Waals surface area contributed by atoms with Crippen molar-refractivity contribution in [1.82, 2.24) is 0 Å². The normalized spacial score (nSPS) is 12.2. The first-order valence-corrected chi connectivity index (χ1v) is 23.1. The van der Waals surface area contributed by atoms with Crippen molar-refractivity contribution in [3.05, 3.63) is 85.0 Å². The summed E-state index contributed by atoms with van der Waals surface area (Å²) in [5.74, 6) is 0. The predicted octanol–water partition coefficient (Wildman–Crippen LogP) is 12.0. The van der Waals surface area contributed by atoms with Crippen LogP contribution >= 0.6 is 0 Å². The lowest BCUT2D eigenvalue weighted by atomic mass is 10.0. The van der Waals surface area contributed by atoms with Crippen LogP contribution in [0.4, 0.5) is 0 Å². The van der Waals surface area contributed by atoms with Crippen LogP contribution in [0.15, 0.2) is 85.0 Å². The van der Waals surface area contributed by atoms with Gasteiger partial charge in [0.15, 0.2) is 0 Å². The Morgan fingerprint density at radius 1 is 0.491 bits per heavy atom. The third-order valence-electron chi connectivity index (χ3n) is 10.3. The zero-order valence-corrected chi connectivity index (χ0v) is 34.8. The molecule has 0 aliphatic heterocycles. The van der Waals surface area contributed by atoms with E-state index in [-0.39, 0.29) is 11.1 Å². The summed E-state index contributed by atoms with van der Waals surface area (Å²) in [7, 11) is -2.58. The van der Waals surface area contributed by atoms with E-state index in [0.29, 0.717) is 26.2 Å². The van der Waals surface area contributed by atoms with E-state index in [1.807, 2.05) is 0 Å². The second-order valence-electron chi connectivity index (χ2n) is 15.7. The molecule has 2 aromatic rings. The number of hydrogen-bond donors (Lipinski definition) is 0. The molecule has 0 fully saturated rings. The van der Waals surface area contributed by atoms with Crippen molar-refractivity contribution in [3.8, 4) is 0 Å². The number of unbranched alkanes of at least 4 members (excludes halogenated alkanes) is 16. The van der Waals surface area contributed by atoms with Crippen LogP contribution in [0.5, 0.6) is 0 Å². The minimum Gasteiger partial charge on any atom is -0.468 e. The van der Waals surface area contributed by atoms with Gasteiger partial charge in [-0.15, -0.1) is 0 Å². The maximum Gasteiger partial charge on any atom is 0.293 e. The number of allylic oxidation sites excluding steroid dienone is 4. The lowest BCUT2D eigenvalue weighted by Gasteiger charge is -2.45. The van der Waals surface area contributed by atoms with Crippen molar-refractivity contribution in [3.63, 3.8) is 0 Å². The smallest absolute Gasteiger partial charge is 0.293 e. The molecular weight excluding hydrogens is 673 g/mol. The highest BCUT2D eigenvalue weighted by Gasteiger charge is 2.51. The lowest BCUT2D eigenvalue weighted by molar-refractivity contribution is -0.129. The van der Waals surface area contributed by atoms with E-state index in [4.69, 9.17) is 13.9 Å². The van der Waals surface area contributed by atoms with E-state index in [9.17, 15) is 9.59 Å². The zero-order valence-electron chi connectivity index (χ0n) is 33.8. The molecule has 6 heteroatoms. The maximum absolute atomic E-state index is 10.2. The highest BCUT2D eigenvalue weighted by molar-refractivity contribution is 6.99. The molecule has 2 rings (SSSR count). The fourth-order valence-corrected chi connectivity index (χ4v) is 12.1. The highest BCUT2D eigenvalue weighted by atomic mass is 28.4. The molecule has 0 spiro atoms. The fraction of sp³-hybridized carbons (Fsp3) is 0.617. The Hall–Kier alpha value is -2.96. The summed E-state index contributed by atoms with van der Waals surface area (Å²) >= 11 is 0. The fourth-order valence-electron chi connectivity index (χ4n) is 7.35.